The first-order chi connectivity index (χ1) is 9.58. The number of carbonyl (C=O) groups is 1. The molecule has 1 atom stereocenters. The minimum absolute atomic E-state index is 0.106. The van der Waals surface area contributed by atoms with Crippen molar-refractivity contribution in [3.63, 3.8) is 0 Å². The lowest BCUT2D eigenvalue weighted by molar-refractivity contribution is -0.122. The SMILES string of the molecule is CCCCCCC(Cc1ccc(O)c(OC)c1)C(N)=O. The van der Waals surface area contributed by atoms with Gasteiger partial charge in [0.2, 0.25) is 5.91 Å². The molecule has 0 spiro atoms. The largest absolute Gasteiger partial charge is 0.504 e. The zero-order valence-corrected chi connectivity index (χ0v) is 12.4. The molecule has 1 rings (SSSR count). The van der Waals surface area contributed by atoms with Gasteiger partial charge in [0.15, 0.2) is 11.5 Å². The Balaban J connectivity index is 2.63. The van der Waals surface area contributed by atoms with E-state index in [4.69, 9.17) is 10.5 Å². The third-order valence-corrected chi connectivity index (χ3v) is 3.53. The first-order valence-corrected chi connectivity index (χ1v) is 7.23. The molecule has 20 heavy (non-hydrogen) atoms. The van der Waals surface area contributed by atoms with E-state index in [9.17, 15) is 9.90 Å². The van der Waals surface area contributed by atoms with Crippen LogP contribution in [0, 0.1) is 5.92 Å². The number of nitrogens with two attached hydrogens (primary N) is 1. The summed E-state index contributed by atoms with van der Waals surface area (Å²) in [5, 5.41) is 9.56. The number of unbranched alkanes of at least 4 members (excludes halogenated alkanes) is 3. The summed E-state index contributed by atoms with van der Waals surface area (Å²) in [6, 6.07) is 5.15. The maximum Gasteiger partial charge on any atom is 0.220 e. The van der Waals surface area contributed by atoms with Gasteiger partial charge in [0.05, 0.1) is 7.11 Å². The third-order valence-electron chi connectivity index (χ3n) is 3.53. The highest BCUT2D eigenvalue weighted by atomic mass is 16.5. The number of hydrogen-bond acceptors (Lipinski definition) is 3. The van der Waals surface area contributed by atoms with E-state index in [-0.39, 0.29) is 17.6 Å². The molecular formula is C16H25NO3. The van der Waals surface area contributed by atoms with Gasteiger partial charge in [-0.15, -0.1) is 0 Å². The summed E-state index contributed by atoms with van der Waals surface area (Å²) in [6.45, 7) is 2.16. The first-order valence-electron chi connectivity index (χ1n) is 7.23. The van der Waals surface area contributed by atoms with Crippen molar-refractivity contribution in [2.45, 2.75) is 45.4 Å². The van der Waals surface area contributed by atoms with Crippen molar-refractivity contribution in [3.8, 4) is 11.5 Å². The summed E-state index contributed by atoms with van der Waals surface area (Å²) in [6.07, 6.45) is 5.95. The quantitative estimate of drug-likeness (QED) is 0.682. The van der Waals surface area contributed by atoms with E-state index in [2.05, 4.69) is 6.92 Å². The number of phenolic OH excluding ortho intramolecular Hbond substituents is 1. The molecule has 0 aromatic heterocycles. The molecule has 0 saturated carbocycles. The van der Waals surface area contributed by atoms with Crippen LogP contribution in [-0.4, -0.2) is 18.1 Å². The molecule has 3 N–H and O–H groups in total. The molecule has 4 nitrogen and oxygen atoms in total. The predicted molar refractivity (Wildman–Crippen MR) is 79.8 cm³/mol. The van der Waals surface area contributed by atoms with Gasteiger partial charge in [0, 0.05) is 5.92 Å². The third kappa shape index (κ3) is 5.11. The van der Waals surface area contributed by atoms with Gasteiger partial charge in [-0.1, -0.05) is 38.7 Å². The van der Waals surface area contributed by atoms with E-state index >= 15 is 0 Å². The van der Waals surface area contributed by atoms with Crippen LogP contribution in [0.2, 0.25) is 0 Å². The molecule has 0 aliphatic rings. The van der Waals surface area contributed by atoms with Gasteiger partial charge >= 0.3 is 0 Å². The van der Waals surface area contributed by atoms with Crippen LogP contribution in [0.25, 0.3) is 0 Å². The zero-order valence-electron chi connectivity index (χ0n) is 12.4. The van der Waals surface area contributed by atoms with Crippen molar-refractivity contribution in [1.29, 1.82) is 0 Å². The summed E-state index contributed by atoms with van der Waals surface area (Å²) in [5.41, 5.74) is 6.44. The number of rotatable bonds is 9. The Morgan fingerprint density at radius 2 is 2.10 bits per heavy atom. The maximum atomic E-state index is 11.5. The van der Waals surface area contributed by atoms with Crippen molar-refractivity contribution in [1.82, 2.24) is 0 Å². The molecule has 0 heterocycles. The molecule has 1 unspecified atom stereocenters. The second-order valence-electron chi connectivity index (χ2n) is 5.16. The Kier molecular flexibility index (Phi) is 6.91. The molecular weight excluding hydrogens is 254 g/mol. The Labute approximate surface area is 120 Å². The Morgan fingerprint density at radius 1 is 1.35 bits per heavy atom. The second kappa shape index (κ2) is 8.46. The van der Waals surface area contributed by atoms with Crippen LogP contribution in [0.4, 0.5) is 0 Å². The lowest BCUT2D eigenvalue weighted by Crippen LogP contribution is -2.25. The standard InChI is InChI=1S/C16H25NO3/c1-3-4-5-6-7-13(16(17)19)10-12-8-9-14(18)15(11-12)20-2/h8-9,11,13,18H,3-7,10H2,1-2H3,(H2,17,19). The van der Waals surface area contributed by atoms with E-state index < -0.39 is 0 Å². The number of phenols is 1. The Bertz CT molecular complexity index is 432. The molecule has 0 bridgehead atoms. The van der Waals surface area contributed by atoms with Gasteiger partial charge in [-0.3, -0.25) is 4.79 Å². The number of amides is 1. The molecule has 0 saturated heterocycles. The summed E-state index contributed by atoms with van der Waals surface area (Å²) < 4.78 is 5.07. The van der Waals surface area contributed by atoms with Gasteiger partial charge in [0.1, 0.15) is 0 Å². The number of ether oxygens (including phenoxy) is 1. The lowest BCUT2D eigenvalue weighted by Gasteiger charge is -2.14. The second-order valence-corrected chi connectivity index (χ2v) is 5.16. The highest BCUT2D eigenvalue weighted by Crippen LogP contribution is 2.28. The summed E-state index contributed by atoms with van der Waals surface area (Å²) in [5.74, 6) is 0.126. The van der Waals surface area contributed by atoms with E-state index in [0.717, 1.165) is 24.8 Å². The number of carbonyl (C=O) groups excluding carboxylic acids is 1. The molecule has 0 fully saturated rings. The molecule has 1 aromatic carbocycles. The molecule has 1 amide bonds. The summed E-state index contributed by atoms with van der Waals surface area (Å²) in [4.78, 5) is 11.5. The minimum atomic E-state index is -0.256. The topological polar surface area (TPSA) is 72.6 Å². The Hall–Kier alpha value is -1.71. The molecule has 4 heteroatoms. The van der Waals surface area contributed by atoms with Crippen molar-refractivity contribution < 1.29 is 14.6 Å². The summed E-state index contributed by atoms with van der Waals surface area (Å²) in [7, 11) is 1.51. The van der Waals surface area contributed by atoms with Gasteiger partial charge < -0.3 is 15.6 Å². The zero-order chi connectivity index (χ0) is 15.0. The number of primary amides is 1. The summed E-state index contributed by atoms with van der Waals surface area (Å²) >= 11 is 0. The van der Waals surface area contributed by atoms with E-state index in [0.29, 0.717) is 12.2 Å². The smallest absolute Gasteiger partial charge is 0.220 e. The van der Waals surface area contributed by atoms with Gasteiger partial charge in [0.25, 0.3) is 0 Å². The number of hydrogen-bond donors (Lipinski definition) is 2. The monoisotopic (exact) mass is 279 g/mol. The van der Waals surface area contributed by atoms with Gasteiger partial charge in [-0.2, -0.15) is 0 Å². The van der Waals surface area contributed by atoms with Crippen LogP contribution in [0.1, 0.15) is 44.6 Å². The van der Waals surface area contributed by atoms with Crippen molar-refractivity contribution in [2.75, 3.05) is 7.11 Å². The first kappa shape index (κ1) is 16.3. The van der Waals surface area contributed by atoms with Crippen molar-refractivity contribution in [2.24, 2.45) is 11.7 Å². The fourth-order valence-corrected chi connectivity index (χ4v) is 2.30. The average Bonchev–Trinajstić information content (AvgIpc) is 2.43. The lowest BCUT2D eigenvalue weighted by atomic mass is 9.93. The highest BCUT2D eigenvalue weighted by Gasteiger charge is 2.16. The molecule has 112 valence electrons. The normalized spacial score (nSPS) is 12.1. The predicted octanol–water partition coefficient (Wildman–Crippen LogP) is 3.02. The maximum absolute atomic E-state index is 11.5. The molecule has 0 radical (unpaired) electrons. The minimum Gasteiger partial charge on any atom is -0.504 e. The fraction of sp³-hybridized carbons (Fsp3) is 0.562. The van der Waals surface area contributed by atoms with Crippen LogP contribution >= 0.6 is 0 Å². The molecule has 1 aromatic rings. The average molecular weight is 279 g/mol. The highest BCUT2D eigenvalue weighted by molar-refractivity contribution is 5.77. The number of methoxy groups -OCH3 is 1. The van der Waals surface area contributed by atoms with E-state index in [1.54, 1.807) is 18.2 Å². The molecule has 0 aliphatic carbocycles. The van der Waals surface area contributed by atoms with Crippen LogP contribution in [-0.2, 0) is 11.2 Å². The van der Waals surface area contributed by atoms with E-state index in [1.807, 2.05) is 0 Å². The van der Waals surface area contributed by atoms with Crippen LogP contribution < -0.4 is 10.5 Å². The van der Waals surface area contributed by atoms with Gasteiger partial charge in [-0.05, 0) is 30.5 Å². The fourth-order valence-electron chi connectivity index (χ4n) is 2.30. The van der Waals surface area contributed by atoms with Crippen LogP contribution in [0.5, 0.6) is 11.5 Å². The molecule has 0 aliphatic heterocycles. The van der Waals surface area contributed by atoms with Crippen molar-refractivity contribution in [3.05, 3.63) is 23.8 Å². The van der Waals surface area contributed by atoms with Crippen LogP contribution in [0.15, 0.2) is 18.2 Å². The number of benzene rings is 1. The Morgan fingerprint density at radius 3 is 2.70 bits per heavy atom. The van der Waals surface area contributed by atoms with E-state index in [1.165, 1.54) is 20.0 Å². The van der Waals surface area contributed by atoms with Crippen LogP contribution in [0.3, 0.4) is 0 Å². The van der Waals surface area contributed by atoms with Gasteiger partial charge in [-0.25, -0.2) is 0 Å². The number of aromatic hydroxyl groups is 1. The van der Waals surface area contributed by atoms with Crippen molar-refractivity contribution >= 4 is 5.91 Å².